The van der Waals surface area contributed by atoms with Gasteiger partial charge in [0.25, 0.3) is 0 Å². The second-order valence-electron chi connectivity index (χ2n) is 8.95. The molecule has 0 heterocycles. The predicted octanol–water partition coefficient (Wildman–Crippen LogP) is 9.42. The highest BCUT2D eigenvalue weighted by Crippen LogP contribution is 2.14. The first-order valence-corrected chi connectivity index (χ1v) is 13.5. The largest absolute Gasteiger partial charge is 0.289 e. The fourth-order valence-electron chi connectivity index (χ4n) is 3.65. The SMILES string of the molecule is C=Nc1ccc(/C=C/C=C/C=C2C=CC(=NC)C=C2)cc1.C=Nc1ccc(/C=C/C=C/C=C2C=CC(=NC)C=C2)cc1. The van der Waals surface area contributed by atoms with Crippen LogP contribution in [-0.4, -0.2) is 39.0 Å². The van der Waals surface area contributed by atoms with E-state index in [0.29, 0.717) is 0 Å². The lowest BCUT2D eigenvalue weighted by atomic mass is 10.1. The van der Waals surface area contributed by atoms with Crippen molar-refractivity contribution in [2.45, 2.75) is 0 Å². The summed E-state index contributed by atoms with van der Waals surface area (Å²) in [5.74, 6) is 0. The molecule has 0 radical (unpaired) electrons. The third-order valence-electron chi connectivity index (χ3n) is 6.05. The minimum atomic E-state index is 0.887. The van der Waals surface area contributed by atoms with Crippen molar-refractivity contribution >= 4 is 48.4 Å². The Morgan fingerprint density at radius 2 is 0.810 bits per heavy atom. The van der Waals surface area contributed by atoms with E-state index in [1.165, 1.54) is 0 Å². The van der Waals surface area contributed by atoms with Gasteiger partial charge in [0, 0.05) is 14.1 Å². The van der Waals surface area contributed by atoms with Gasteiger partial charge in [0.05, 0.1) is 22.8 Å². The molecule has 2 aliphatic carbocycles. The molecule has 2 aromatic rings. The molecule has 0 N–H and O–H groups in total. The summed E-state index contributed by atoms with van der Waals surface area (Å²) in [7, 11) is 3.59. The minimum absolute atomic E-state index is 0.887. The van der Waals surface area contributed by atoms with Crippen molar-refractivity contribution in [3.05, 3.63) is 168 Å². The molecule has 0 aliphatic heterocycles. The molecule has 2 aliphatic rings. The Morgan fingerprint density at radius 1 is 0.452 bits per heavy atom. The monoisotopic (exact) mass is 548 g/mol. The molecule has 0 spiro atoms. The van der Waals surface area contributed by atoms with Crippen molar-refractivity contribution in [1.82, 2.24) is 0 Å². The molecule has 0 atom stereocenters. The second-order valence-corrected chi connectivity index (χ2v) is 8.95. The lowest BCUT2D eigenvalue weighted by molar-refractivity contribution is 1.44. The van der Waals surface area contributed by atoms with Gasteiger partial charge in [-0.3, -0.25) is 20.0 Å². The van der Waals surface area contributed by atoms with Crippen molar-refractivity contribution in [2.24, 2.45) is 20.0 Å². The average Bonchev–Trinajstić information content (AvgIpc) is 3.06. The highest BCUT2D eigenvalue weighted by atomic mass is 14.7. The van der Waals surface area contributed by atoms with E-state index >= 15 is 0 Å². The van der Waals surface area contributed by atoms with Crippen molar-refractivity contribution in [2.75, 3.05) is 14.1 Å². The molecule has 0 aromatic heterocycles. The molecule has 4 rings (SSSR count). The third-order valence-corrected chi connectivity index (χ3v) is 6.05. The molecule has 0 unspecified atom stereocenters. The summed E-state index contributed by atoms with van der Waals surface area (Å²) >= 11 is 0. The van der Waals surface area contributed by atoms with Gasteiger partial charge in [-0.05, 0) is 84.3 Å². The first kappa shape index (κ1) is 31.1. The molecular weight excluding hydrogens is 512 g/mol. The summed E-state index contributed by atoms with van der Waals surface area (Å²) in [4.78, 5) is 16.0. The Hall–Kier alpha value is -5.48. The van der Waals surface area contributed by atoms with Crippen LogP contribution in [0.1, 0.15) is 11.1 Å². The van der Waals surface area contributed by atoms with Crippen LogP contribution in [0.5, 0.6) is 0 Å². The number of aliphatic imine (C=N–C) groups is 4. The topological polar surface area (TPSA) is 49.4 Å². The van der Waals surface area contributed by atoms with E-state index in [1.54, 1.807) is 14.1 Å². The third kappa shape index (κ3) is 11.3. The highest BCUT2D eigenvalue weighted by Gasteiger charge is 1.95. The van der Waals surface area contributed by atoms with Gasteiger partial charge in [0.15, 0.2) is 0 Å². The number of hydrogen-bond acceptors (Lipinski definition) is 4. The number of allylic oxidation sites excluding steroid dienone is 18. The average molecular weight is 549 g/mol. The van der Waals surface area contributed by atoms with E-state index in [1.807, 2.05) is 109 Å². The highest BCUT2D eigenvalue weighted by molar-refractivity contribution is 6.06. The molecule has 0 amide bonds. The van der Waals surface area contributed by atoms with Gasteiger partial charge in [-0.1, -0.05) is 109 Å². The lowest BCUT2D eigenvalue weighted by Gasteiger charge is -1.99. The van der Waals surface area contributed by atoms with Gasteiger partial charge in [-0.2, -0.15) is 0 Å². The zero-order chi connectivity index (χ0) is 29.8. The van der Waals surface area contributed by atoms with Gasteiger partial charge in [0.2, 0.25) is 0 Å². The summed E-state index contributed by atoms with van der Waals surface area (Å²) in [6.45, 7) is 7.00. The maximum atomic E-state index is 4.11. The maximum Gasteiger partial charge on any atom is 0.0622 e. The normalized spacial score (nSPS) is 14.1. The van der Waals surface area contributed by atoms with Crippen LogP contribution in [0.2, 0.25) is 0 Å². The Bertz CT molecular complexity index is 1420. The Kier molecular flexibility index (Phi) is 13.3. The van der Waals surface area contributed by atoms with Crippen LogP contribution in [0.4, 0.5) is 11.4 Å². The van der Waals surface area contributed by atoms with Gasteiger partial charge in [-0.25, -0.2) is 0 Å². The van der Waals surface area contributed by atoms with E-state index in [0.717, 1.165) is 45.1 Å². The van der Waals surface area contributed by atoms with Crippen LogP contribution in [-0.2, 0) is 0 Å². The van der Waals surface area contributed by atoms with Gasteiger partial charge in [-0.15, -0.1) is 0 Å². The van der Waals surface area contributed by atoms with Crippen LogP contribution < -0.4 is 0 Å². The van der Waals surface area contributed by atoms with E-state index in [2.05, 4.69) is 82.0 Å². The predicted molar refractivity (Wildman–Crippen MR) is 187 cm³/mol. The zero-order valence-corrected chi connectivity index (χ0v) is 24.2. The summed E-state index contributed by atoms with van der Waals surface area (Å²) in [5, 5.41) is 0. The van der Waals surface area contributed by atoms with Crippen molar-refractivity contribution in [3.8, 4) is 0 Å². The molecule has 4 heteroatoms. The Labute approximate surface area is 250 Å². The lowest BCUT2D eigenvalue weighted by Crippen LogP contribution is -1.92. The van der Waals surface area contributed by atoms with Crippen molar-refractivity contribution in [3.63, 3.8) is 0 Å². The summed E-state index contributed by atoms with van der Waals surface area (Å²) in [6.07, 6.45) is 36.6. The summed E-state index contributed by atoms with van der Waals surface area (Å²) in [5.41, 5.74) is 8.36. The van der Waals surface area contributed by atoms with Gasteiger partial charge < -0.3 is 0 Å². The number of benzene rings is 2. The smallest absolute Gasteiger partial charge is 0.0622 e. The van der Waals surface area contributed by atoms with Crippen LogP contribution >= 0.6 is 0 Å². The Morgan fingerprint density at radius 3 is 1.12 bits per heavy atom. The molecular formula is C38H36N4. The molecule has 42 heavy (non-hydrogen) atoms. The first-order valence-electron chi connectivity index (χ1n) is 13.5. The van der Waals surface area contributed by atoms with Crippen LogP contribution in [0.25, 0.3) is 12.2 Å². The van der Waals surface area contributed by atoms with Gasteiger partial charge in [0.1, 0.15) is 0 Å². The van der Waals surface area contributed by atoms with Crippen LogP contribution in [0, 0.1) is 0 Å². The van der Waals surface area contributed by atoms with Crippen molar-refractivity contribution in [1.29, 1.82) is 0 Å². The van der Waals surface area contributed by atoms with E-state index in [4.69, 9.17) is 0 Å². The molecule has 0 fully saturated rings. The summed E-state index contributed by atoms with van der Waals surface area (Å²) in [6, 6.07) is 15.9. The van der Waals surface area contributed by atoms with Crippen molar-refractivity contribution < 1.29 is 0 Å². The van der Waals surface area contributed by atoms with E-state index in [9.17, 15) is 0 Å². The summed E-state index contributed by atoms with van der Waals surface area (Å²) < 4.78 is 0. The maximum absolute atomic E-state index is 4.11. The fraction of sp³-hybridized carbons (Fsp3) is 0.0526. The standard InChI is InChI=1S/2C19H18N2/c2*1-20-18-12-8-16(9-13-18)6-4-3-5-7-17-10-14-19(21-2)15-11-17/h2*3-15H,1H2,2H3/b2*5-3+,6-4+,17-7?,21-19?. The second kappa shape index (κ2) is 18.0. The quantitative estimate of drug-likeness (QED) is 0.233. The van der Waals surface area contributed by atoms with E-state index < -0.39 is 0 Å². The fourth-order valence-corrected chi connectivity index (χ4v) is 3.65. The van der Waals surface area contributed by atoms with Gasteiger partial charge >= 0.3 is 0 Å². The van der Waals surface area contributed by atoms with Crippen LogP contribution in [0.15, 0.2) is 177 Å². The molecule has 0 bridgehead atoms. The molecule has 208 valence electrons. The zero-order valence-electron chi connectivity index (χ0n) is 24.2. The number of hydrogen-bond donors (Lipinski definition) is 0. The number of rotatable bonds is 8. The van der Waals surface area contributed by atoms with Crippen LogP contribution in [0.3, 0.4) is 0 Å². The molecule has 4 nitrogen and oxygen atoms in total. The molecule has 2 aromatic carbocycles. The Balaban J connectivity index is 0.000000230. The number of nitrogens with zero attached hydrogens (tertiary/aromatic N) is 4. The molecule has 0 saturated heterocycles. The minimum Gasteiger partial charge on any atom is -0.289 e. The first-order chi connectivity index (χ1) is 20.6. The molecule has 0 saturated carbocycles. The van der Waals surface area contributed by atoms with E-state index in [-0.39, 0.29) is 0 Å².